The van der Waals surface area contributed by atoms with Gasteiger partial charge in [-0.05, 0) is 32.0 Å². The largest absolute Gasteiger partial charge is 0.440 e. The Balaban J connectivity index is 1.82. The third kappa shape index (κ3) is 2.84. The van der Waals surface area contributed by atoms with Crippen molar-refractivity contribution in [3.8, 4) is 0 Å². The summed E-state index contributed by atoms with van der Waals surface area (Å²) in [6.45, 7) is 7.61. The van der Waals surface area contributed by atoms with Crippen LogP contribution in [0.3, 0.4) is 0 Å². The number of carbonyl (C=O) groups excluding carboxylic acids is 1. The number of aryl methyl sites for hydroxylation is 2. The molecular weight excluding hydrogens is 308 g/mol. The van der Waals surface area contributed by atoms with E-state index < -0.39 is 0 Å². The molecule has 126 valence electrons. The number of anilines is 2. The summed E-state index contributed by atoms with van der Waals surface area (Å²) in [5.74, 6) is 1.49. The molecule has 2 amide bonds. The Hall–Kier alpha value is -2.83. The minimum Gasteiger partial charge on any atom is -0.440 e. The lowest BCUT2D eigenvalue weighted by molar-refractivity contribution is 0.258. The Labute approximate surface area is 139 Å². The van der Waals surface area contributed by atoms with E-state index in [0.717, 1.165) is 5.52 Å². The number of carbonyl (C=O) groups is 1. The van der Waals surface area contributed by atoms with Crippen LogP contribution in [-0.4, -0.2) is 23.2 Å². The molecule has 2 aromatic heterocycles. The van der Waals surface area contributed by atoms with E-state index in [-0.39, 0.29) is 11.9 Å². The molecule has 1 N–H and O–H groups in total. The Morgan fingerprint density at radius 1 is 1.29 bits per heavy atom. The summed E-state index contributed by atoms with van der Waals surface area (Å²) in [7, 11) is 1.67. The zero-order chi connectivity index (χ0) is 17.4. The highest BCUT2D eigenvalue weighted by molar-refractivity contribution is 6.02. The number of hydrogen-bond acceptors (Lipinski definition) is 5. The Morgan fingerprint density at radius 2 is 2.04 bits per heavy atom. The summed E-state index contributed by atoms with van der Waals surface area (Å²) in [5.41, 5.74) is 3.40. The normalized spacial score (nSPS) is 11.2. The number of oxazole rings is 1. The van der Waals surface area contributed by atoms with Crippen molar-refractivity contribution in [1.82, 2.24) is 10.1 Å². The maximum Gasteiger partial charge on any atom is 0.326 e. The molecule has 0 bridgehead atoms. The number of rotatable bonds is 3. The van der Waals surface area contributed by atoms with Gasteiger partial charge in [0.05, 0.1) is 0 Å². The zero-order valence-corrected chi connectivity index (χ0v) is 14.4. The van der Waals surface area contributed by atoms with Gasteiger partial charge in [-0.25, -0.2) is 9.78 Å². The molecule has 0 saturated heterocycles. The van der Waals surface area contributed by atoms with Gasteiger partial charge in [-0.15, -0.1) is 0 Å². The third-order valence-corrected chi connectivity index (χ3v) is 3.79. The number of aromatic nitrogens is 2. The van der Waals surface area contributed by atoms with E-state index in [1.807, 2.05) is 13.8 Å². The number of benzene rings is 1. The van der Waals surface area contributed by atoms with Crippen LogP contribution in [0.5, 0.6) is 0 Å². The van der Waals surface area contributed by atoms with E-state index in [9.17, 15) is 4.79 Å². The summed E-state index contributed by atoms with van der Waals surface area (Å²) >= 11 is 0. The summed E-state index contributed by atoms with van der Waals surface area (Å²) in [6, 6.07) is 5.11. The molecule has 1 aromatic carbocycles. The zero-order valence-electron chi connectivity index (χ0n) is 14.4. The Bertz CT molecular complexity index is 875. The van der Waals surface area contributed by atoms with Gasteiger partial charge in [0.15, 0.2) is 17.2 Å². The van der Waals surface area contributed by atoms with Crippen LogP contribution in [0.4, 0.5) is 16.2 Å². The van der Waals surface area contributed by atoms with E-state index in [4.69, 9.17) is 8.94 Å². The molecule has 0 unspecified atom stereocenters. The smallest absolute Gasteiger partial charge is 0.326 e. The van der Waals surface area contributed by atoms with Gasteiger partial charge in [0.2, 0.25) is 0 Å². The van der Waals surface area contributed by atoms with Crippen LogP contribution in [0.1, 0.15) is 37.1 Å². The standard InChI is InChI=1S/C17H20N4O3/c1-9(2)16-19-13-8-12(6-7-14(13)23-16)18-17(22)21(5)15-10(3)20-24-11(15)4/h6-9H,1-5H3,(H,18,22). The van der Waals surface area contributed by atoms with E-state index in [1.54, 1.807) is 39.1 Å². The van der Waals surface area contributed by atoms with Crippen molar-refractivity contribution in [2.45, 2.75) is 33.6 Å². The predicted octanol–water partition coefficient (Wildman–Crippen LogP) is 4.22. The number of fused-ring (bicyclic) bond motifs is 1. The van der Waals surface area contributed by atoms with Crippen molar-refractivity contribution < 1.29 is 13.7 Å². The van der Waals surface area contributed by atoms with Crippen LogP contribution in [0.2, 0.25) is 0 Å². The topological polar surface area (TPSA) is 84.4 Å². The number of hydrogen-bond donors (Lipinski definition) is 1. The van der Waals surface area contributed by atoms with Crippen molar-refractivity contribution in [2.24, 2.45) is 0 Å². The summed E-state index contributed by atoms with van der Waals surface area (Å²) < 4.78 is 10.8. The number of urea groups is 1. The molecule has 0 aliphatic rings. The van der Waals surface area contributed by atoms with E-state index in [1.165, 1.54) is 4.90 Å². The first-order valence-electron chi connectivity index (χ1n) is 7.75. The number of nitrogens with zero attached hydrogens (tertiary/aromatic N) is 3. The molecule has 0 aliphatic carbocycles. The molecule has 0 spiro atoms. The molecule has 2 heterocycles. The first-order valence-corrected chi connectivity index (χ1v) is 7.75. The molecule has 0 atom stereocenters. The van der Waals surface area contributed by atoms with Crippen LogP contribution in [-0.2, 0) is 0 Å². The van der Waals surface area contributed by atoms with Crippen molar-refractivity contribution in [2.75, 3.05) is 17.3 Å². The molecule has 7 nitrogen and oxygen atoms in total. The monoisotopic (exact) mass is 328 g/mol. The molecule has 3 aromatic rings. The second-order valence-electron chi connectivity index (χ2n) is 6.05. The predicted molar refractivity (Wildman–Crippen MR) is 91.5 cm³/mol. The summed E-state index contributed by atoms with van der Waals surface area (Å²) in [4.78, 5) is 18.4. The first-order chi connectivity index (χ1) is 11.4. The number of amides is 2. The van der Waals surface area contributed by atoms with Crippen LogP contribution in [0.15, 0.2) is 27.1 Å². The van der Waals surface area contributed by atoms with Gasteiger partial charge in [0.25, 0.3) is 0 Å². The van der Waals surface area contributed by atoms with Gasteiger partial charge >= 0.3 is 6.03 Å². The highest BCUT2D eigenvalue weighted by Gasteiger charge is 2.20. The fourth-order valence-electron chi connectivity index (χ4n) is 2.54. The lowest BCUT2D eigenvalue weighted by Crippen LogP contribution is -2.31. The highest BCUT2D eigenvalue weighted by Crippen LogP contribution is 2.26. The molecule has 0 radical (unpaired) electrons. The SMILES string of the molecule is Cc1noc(C)c1N(C)C(=O)Nc1ccc2oc(C(C)C)nc2c1. The maximum absolute atomic E-state index is 12.5. The quantitative estimate of drug-likeness (QED) is 0.778. The second kappa shape index (κ2) is 5.99. The molecular formula is C17H20N4O3. The third-order valence-electron chi connectivity index (χ3n) is 3.79. The minimum atomic E-state index is -0.281. The molecule has 3 rings (SSSR count). The Kier molecular flexibility index (Phi) is 4.01. The van der Waals surface area contributed by atoms with Gasteiger partial charge < -0.3 is 14.3 Å². The lowest BCUT2D eigenvalue weighted by atomic mass is 10.2. The average molecular weight is 328 g/mol. The van der Waals surface area contributed by atoms with E-state index in [2.05, 4.69) is 15.5 Å². The summed E-state index contributed by atoms with van der Waals surface area (Å²) in [6.07, 6.45) is 0. The fourth-order valence-corrected chi connectivity index (χ4v) is 2.54. The van der Waals surface area contributed by atoms with E-state index in [0.29, 0.717) is 34.3 Å². The number of nitrogens with one attached hydrogen (secondary N) is 1. The molecule has 0 aliphatic heterocycles. The van der Waals surface area contributed by atoms with Gasteiger partial charge in [-0.3, -0.25) is 4.90 Å². The maximum atomic E-state index is 12.5. The van der Waals surface area contributed by atoms with Gasteiger partial charge in [-0.1, -0.05) is 19.0 Å². The van der Waals surface area contributed by atoms with Gasteiger partial charge in [0.1, 0.15) is 16.9 Å². The van der Waals surface area contributed by atoms with Crippen LogP contribution >= 0.6 is 0 Å². The van der Waals surface area contributed by atoms with Crippen molar-refractivity contribution in [3.63, 3.8) is 0 Å². The molecule has 7 heteroatoms. The van der Waals surface area contributed by atoms with Gasteiger partial charge in [-0.2, -0.15) is 0 Å². The Morgan fingerprint density at radius 3 is 2.67 bits per heavy atom. The summed E-state index contributed by atoms with van der Waals surface area (Å²) in [5, 5.41) is 6.72. The van der Waals surface area contributed by atoms with Crippen LogP contribution in [0.25, 0.3) is 11.1 Å². The van der Waals surface area contributed by atoms with Crippen molar-refractivity contribution in [3.05, 3.63) is 35.5 Å². The highest BCUT2D eigenvalue weighted by atomic mass is 16.5. The van der Waals surface area contributed by atoms with E-state index >= 15 is 0 Å². The van der Waals surface area contributed by atoms with Gasteiger partial charge in [0, 0.05) is 18.7 Å². The molecule has 24 heavy (non-hydrogen) atoms. The first kappa shape index (κ1) is 16.0. The molecule has 0 fully saturated rings. The minimum absolute atomic E-state index is 0.209. The van der Waals surface area contributed by atoms with Crippen LogP contribution in [0, 0.1) is 13.8 Å². The lowest BCUT2D eigenvalue weighted by Gasteiger charge is -2.17. The molecule has 0 saturated carbocycles. The van der Waals surface area contributed by atoms with Crippen molar-refractivity contribution in [1.29, 1.82) is 0 Å². The van der Waals surface area contributed by atoms with Crippen LogP contribution < -0.4 is 10.2 Å². The second-order valence-corrected chi connectivity index (χ2v) is 6.05. The fraction of sp³-hybridized carbons (Fsp3) is 0.353. The van der Waals surface area contributed by atoms with Crippen molar-refractivity contribution >= 4 is 28.5 Å². The average Bonchev–Trinajstić information content (AvgIpc) is 3.10.